The average molecular weight is 241 g/mol. The Morgan fingerprint density at radius 2 is 2.06 bits per heavy atom. The van der Waals surface area contributed by atoms with Crippen LogP contribution in [0.5, 0.6) is 0 Å². The van der Waals surface area contributed by atoms with Crippen LogP contribution in [0.1, 0.15) is 45.2 Å². The molecule has 1 atom stereocenters. The zero-order valence-electron chi connectivity index (χ0n) is 10.2. The van der Waals surface area contributed by atoms with E-state index in [1.165, 1.54) is 11.1 Å². The van der Waals surface area contributed by atoms with Crippen LogP contribution in [-0.2, 0) is 6.42 Å². The summed E-state index contributed by atoms with van der Waals surface area (Å²) in [4.78, 5) is 14.0. The Morgan fingerprint density at radius 1 is 1.33 bits per heavy atom. The van der Waals surface area contributed by atoms with Crippen LogP contribution in [0.4, 0.5) is 0 Å². The quantitative estimate of drug-likeness (QED) is 0.848. The molecular weight excluding hydrogens is 226 g/mol. The molecule has 3 rings (SSSR count). The van der Waals surface area contributed by atoms with Crippen LogP contribution in [0.3, 0.4) is 0 Å². The Kier molecular flexibility index (Phi) is 2.47. The number of aromatic nitrogens is 1. The highest BCUT2D eigenvalue weighted by Crippen LogP contribution is 2.38. The van der Waals surface area contributed by atoms with Gasteiger partial charge in [0.25, 0.3) is 0 Å². The molecule has 1 unspecified atom stereocenters. The van der Waals surface area contributed by atoms with Crippen LogP contribution in [0.15, 0.2) is 30.3 Å². The molecule has 92 valence electrons. The van der Waals surface area contributed by atoms with E-state index in [4.69, 9.17) is 5.11 Å². The molecule has 0 aliphatic heterocycles. The number of aromatic amines is 1. The first-order valence-corrected chi connectivity index (χ1v) is 6.17. The fraction of sp³-hybridized carbons (Fsp3) is 0.267. The zero-order valence-corrected chi connectivity index (χ0v) is 10.2. The maximum Gasteiger partial charge on any atom is 0.352 e. The molecule has 0 fully saturated rings. The van der Waals surface area contributed by atoms with E-state index < -0.39 is 5.97 Å². The van der Waals surface area contributed by atoms with Gasteiger partial charge >= 0.3 is 5.97 Å². The number of rotatable bonds is 2. The summed E-state index contributed by atoms with van der Waals surface area (Å²) in [6.45, 7) is 2.07. The molecule has 1 aromatic heterocycles. The Morgan fingerprint density at radius 3 is 2.72 bits per heavy atom. The Balaban J connectivity index is 1.98. The van der Waals surface area contributed by atoms with Crippen molar-refractivity contribution in [1.82, 2.24) is 4.98 Å². The summed E-state index contributed by atoms with van der Waals surface area (Å²) in [6.07, 6.45) is 1.99. The molecule has 1 aliphatic carbocycles. The van der Waals surface area contributed by atoms with Gasteiger partial charge in [0.1, 0.15) is 5.69 Å². The number of hydrogen-bond acceptors (Lipinski definition) is 1. The van der Waals surface area contributed by atoms with Crippen molar-refractivity contribution < 1.29 is 9.90 Å². The van der Waals surface area contributed by atoms with Crippen LogP contribution in [0.2, 0.25) is 0 Å². The lowest BCUT2D eigenvalue weighted by molar-refractivity contribution is 0.0691. The van der Waals surface area contributed by atoms with Gasteiger partial charge < -0.3 is 10.1 Å². The topological polar surface area (TPSA) is 53.1 Å². The molecule has 1 aromatic carbocycles. The number of nitrogens with one attached hydrogen (secondary N) is 1. The number of benzene rings is 1. The highest BCUT2D eigenvalue weighted by atomic mass is 16.4. The molecule has 1 heterocycles. The fourth-order valence-electron chi connectivity index (χ4n) is 2.74. The highest BCUT2D eigenvalue weighted by molar-refractivity contribution is 5.86. The third-order valence-electron chi connectivity index (χ3n) is 3.70. The van der Waals surface area contributed by atoms with Gasteiger partial charge in [-0.05, 0) is 37.0 Å². The normalized spacial score (nSPS) is 17.7. The SMILES string of the molecule is Cc1ccc(C2CCc3[nH]c(C(=O)O)cc32)cc1. The number of fused-ring (bicyclic) bond motifs is 1. The standard InChI is InChI=1S/C15H15NO2/c1-9-2-4-10(5-3-9)11-6-7-13-12(11)8-14(16-13)15(17)18/h2-5,8,11,16H,6-7H2,1H3,(H,17,18). The number of carboxylic acids is 1. The second kappa shape index (κ2) is 4.02. The van der Waals surface area contributed by atoms with E-state index in [1.807, 2.05) is 0 Å². The second-order valence-electron chi connectivity index (χ2n) is 4.92. The summed E-state index contributed by atoms with van der Waals surface area (Å²) in [6, 6.07) is 10.3. The first kappa shape index (κ1) is 11.1. The first-order valence-electron chi connectivity index (χ1n) is 6.17. The molecule has 0 saturated carbocycles. The molecule has 0 bridgehead atoms. The maximum absolute atomic E-state index is 11.0. The van der Waals surface area contributed by atoms with Gasteiger partial charge in [0, 0.05) is 11.6 Å². The number of carbonyl (C=O) groups is 1. The molecule has 2 N–H and O–H groups in total. The van der Waals surface area contributed by atoms with Gasteiger partial charge in [-0.25, -0.2) is 4.79 Å². The number of hydrogen-bond donors (Lipinski definition) is 2. The number of aryl methyl sites for hydroxylation is 2. The minimum Gasteiger partial charge on any atom is -0.477 e. The Bertz CT molecular complexity index is 595. The molecule has 0 spiro atoms. The van der Waals surface area contributed by atoms with Crippen molar-refractivity contribution in [3.8, 4) is 0 Å². The van der Waals surface area contributed by atoms with Crippen molar-refractivity contribution in [3.05, 3.63) is 58.4 Å². The molecule has 1 aliphatic rings. The molecule has 2 aromatic rings. The summed E-state index contributed by atoms with van der Waals surface area (Å²) < 4.78 is 0. The third kappa shape index (κ3) is 1.72. The van der Waals surface area contributed by atoms with Gasteiger partial charge in [0.15, 0.2) is 0 Å². The number of H-pyrrole nitrogens is 1. The van der Waals surface area contributed by atoms with Crippen molar-refractivity contribution in [1.29, 1.82) is 0 Å². The molecule has 0 amide bonds. The van der Waals surface area contributed by atoms with E-state index in [0.29, 0.717) is 11.6 Å². The summed E-state index contributed by atoms with van der Waals surface area (Å²) >= 11 is 0. The van der Waals surface area contributed by atoms with E-state index in [1.54, 1.807) is 6.07 Å². The van der Waals surface area contributed by atoms with E-state index in [-0.39, 0.29) is 0 Å². The predicted molar refractivity (Wildman–Crippen MR) is 69.1 cm³/mol. The number of carboxylic acid groups (broad SMARTS) is 1. The lowest BCUT2D eigenvalue weighted by atomic mass is 9.93. The summed E-state index contributed by atoms with van der Waals surface area (Å²) in [5, 5.41) is 9.00. The van der Waals surface area contributed by atoms with Crippen LogP contribution in [0, 0.1) is 6.92 Å². The molecular formula is C15H15NO2. The second-order valence-corrected chi connectivity index (χ2v) is 4.92. The lowest BCUT2D eigenvalue weighted by Gasteiger charge is -2.10. The van der Waals surface area contributed by atoms with Crippen molar-refractivity contribution in [3.63, 3.8) is 0 Å². The van der Waals surface area contributed by atoms with Crippen LogP contribution < -0.4 is 0 Å². The van der Waals surface area contributed by atoms with Crippen LogP contribution in [0.25, 0.3) is 0 Å². The van der Waals surface area contributed by atoms with Gasteiger partial charge in [0.2, 0.25) is 0 Å². The average Bonchev–Trinajstić information content (AvgIpc) is 2.89. The summed E-state index contributed by atoms with van der Waals surface area (Å²) in [5.41, 5.74) is 5.05. The van der Waals surface area contributed by atoms with Crippen molar-refractivity contribution in [2.75, 3.05) is 0 Å². The lowest BCUT2D eigenvalue weighted by Crippen LogP contribution is -1.98. The molecule has 18 heavy (non-hydrogen) atoms. The van der Waals surface area contributed by atoms with E-state index >= 15 is 0 Å². The molecule has 0 radical (unpaired) electrons. The smallest absolute Gasteiger partial charge is 0.352 e. The molecule has 0 saturated heterocycles. The van der Waals surface area contributed by atoms with Crippen molar-refractivity contribution >= 4 is 5.97 Å². The van der Waals surface area contributed by atoms with Gasteiger partial charge in [-0.1, -0.05) is 29.8 Å². The predicted octanol–water partition coefficient (Wildman–Crippen LogP) is 3.10. The van der Waals surface area contributed by atoms with Crippen molar-refractivity contribution in [2.45, 2.75) is 25.7 Å². The summed E-state index contributed by atoms with van der Waals surface area (Å²) in [7, 11) is 0. The van der Waals surface area contributed by atoms with Gasteiger partial charge in [-0.3, -0.25) is 0 Å². The van der Waals surface area contributed by atoms with E-state index in [2.05, 4.69) is 36.2 Å². The van der Waals surface area contributed by atoms with Gasteiger partial charge in [0.05, 0.1) is 0 Å². The third-order valence-corrected chi connectivity index (χ3v) is 3.70. The monoisotopic (exact) mass is 241 g/mol. The minimum atomic E-state index is -0.882. The minimum absolute atomic E-state index is 0.303. The molecule has 3 nitrogen and oxygen atoms in total. The van der Waals surface area contributed by atoms with E-state index in [9.17, 15) is 4.79 Å². The highest BCUT2D eigenvalue weighted by Gasteiger charge is 2.27. The van der Waals surface area contributed by atoms with Crippen LogP contribution in [-0.4, -0.2) is 16.1 Å². The van der Waals surface area contributed by atoms with Gasteiger partial charge in [-0.15, -0.1) is 0 Å². The first-order chi connectivity index (χ1) is 8.65. The zero-order chi connectivity index (χ0) is 12.7. The largest absolute Gasteiger partial charge is 0.477 e. The van der Waals surface area contributed by atoms with Gasteiger partial charge in [-0.2, -0.15) is 0 Å². The Labute approximate surface area is 105 Å². The maximum atomic E-state index is 11.0. The number of aromatic carboxylic acids is 1. The fourth-order valence-corrected chi connectivity index (χ4v) is 2.74. The molecule has 3 heteroatoms. The summed E-state index contributed by atoms with van der Waals surface area (Å²) in [5.74, 6) is -0.544. The van der Waals surface area contributed by atoms with E-state index in [0.717, 1.165) is 24.1 Å². The van der Waals surface area contributed by atoms with Crippen molar-refractivity contribution in [2.24, 2.45) is 0 Å². The van der Waals surface area contributed by atoms with Crippen LogP contribution >= 0.6 is 0 Å². The Hall–Kier alpha value is -2.03.